The molecule has 1 N–H and O–H groups in total. The van der Waals surface area contributed by atoms with E-state index in [0.29, 0.717) is 21.9 Å². The summed E-state index contributed by atoms with van der Waals surface area (Å²) in [7, 11) is 2.77. The van der Waals surface area contributed by atoms with E-state index in [1.54, 1.807) is 36.4 Å². The molecule has 0 saturated carbocycles. The third-order valence-electron chi connectivity index (χ3n) is 3.30. The molecule has 24 heavy (non-hydrogen) atoms. The Kier molecular flexibility index (Phi) is 6.23. The number of carbonyl (C=O) groups excluding carboxylic acids is 2. The van der Waals surface area contributed by atoms with Crippen LogP contribution in [0.4, 0.5) is 0 Å². The van der Waals surface area contributed by atoms with Crippen LogP contribution in [0.15, 0.2) is 40.9 Å². The lowest BCUT2D eigenvalue weighted by atomic mass is 10.1. The maximum Gasteiger partial charge on any atom is 0.341 e. The molecule has 7 heteroatoms. The summed E-state index contributed by atoms with van der Waals surface area (Å²) in [6.07, 6.45) is 0. The van der Waals surface area contributed by atoms with Gasteiger partial charge in [0, 0.05) is 11.0 Å². The molecule has 0 radical (unpaired) electrons. The summed E-state index contributed by atoms with van der Waals surface area (Å²) in [6.45, 7) is 0.232. The van der Waals surface area contributed by atoms with Gasteiger partial charge >= 0.3 is 5.97 Å². The second-order valence-corrected chi connectivity index (χ2v) is 6.16. The van der Waals surface area contributed by atoms with E-state index >= 15 is 0 Å². The Morgan fingerprint density at radius 1 is 1.12 bits per heavy atom. The van der Waals surface area contributed by atoms with E-state index in [9.17, 15) is 9.59 Å². The highest BCUT2D eigenvalue weighted by Gasteiger charge is 2.15. The van der Waals surface area contributed by atoms with Gasteiger partial charge in [-0.05, 0) is 35.9 Å². The standard InChI is InChI=1S/C17H15BrClNO4/c1-23-15-6-3-10(7-13(15)17(22)24-2)9-20-16(21)12-8-11(18)4-5-14(12)19/h3-8H,9H2,1-2H3,(H,20,21). The lowest BCUT2D eigenvalue weighted by Gasteiger charge is -2.11. The molecule has 0 saturated heterocycles. The van der Waals surface area contributed by atoms with Crippen molar-refractivity contribution in [1.29, 1.82) is 0 Å². The number of hydrogen-bond donors (Lipinski definition) is 1. The van der Waals surface area contributed by atoms with Crippen molar-refractivity contribution < 1.29 is 19.1 Å². The van der Waals surface area contributed by atoms with Gasteiger partial charge < -0.3 is 14.8 Å². The van der Waals surface area contributed by atoms with Crippen LogP contribution >= 0.6 is 27.5 Å². The third kappa shape index (κ3) is 4.27. The Balaban J connectivity index is 2.15. The number of halogens is 2. The SMILES string of the molecule is COC(=O)c1cc(CNC(=O)c2cc(Br)ccc2Cl)ccc1OC. The number of nitrogens with one attached hydrogen (secondary N) is 1. The van der Waals surface area contributed by atoms with Gasteiger partial charge in [-0.25, -0.2) is 4.79 Å². The number of amides is 1. The molecule has 0 heterocycles. The number of esters is 1. The predicted molar refractivity (Wildman–Crippen MR) is 94.7 cm³/mol. The Labute approximate surface area is 153 Å². The fourth-order valence-corrected chi connectivity index (χ4v) is 2.65. The molecule has 0 bridgehead atoms. The minimum absolute atomic E-state index is 0.232. The largest absolute Gasteiger partial charge is 0.496 e. The average Bonchev–Trinajstić information content (AvgIpc) is 2.60. The highest BCUT2D eigenvalue weighted by Crippen LogP contribution is 2.22. The van der Waals surface area contributed by atoms with Crippen LogP contribution in [0.2, 0.25) is 5.02 Å². The van der Waals surface area contributed by atoms with Crippen LogP contribution in [0.1, 0.15) is 26.3 Å². The van der Waals surface area contributed by atoms with Crippen LogP contribution in [-0.4, -0.2) is 26.1 Å². The Morgan fingerprint density at radius 3 is 2.54 bits per heavy atom. The summed E-state index contributed by atoms with van der Waals surface area (Å²) >= 11 is 9.34. The number of rotatable bonds is 5. The molecule has 0 fully saturated rings. The monoisotopic (exact) mass is 411 g/mol. The molecule has 0 unspecified atom stereocenters. The first-order valence-corrected chi connectivity index (χ1v) is 8.12. The molecule has 0 atom stereocenters. The van der Waals surface area contributed by atoms with Gasteiger partial charge in [0.1, 0.15) is 11.3 Å². The molecule has 0 aromatic heterocycles. The second-order valence-electron chi connectivity index (χ2n) is 4.83. The number of methoxy groups -OCH3 is 2. The second kappa shape index (κ2) is 8.17. The molecule has 0 aliphatic heterocycles. The van der Waals surface area contributed by atoms with Crippen molar-refractivity contribution in [3.8, 4) is 5.75 Å². The quantitative estimate of drug-likeness (QED) is 0.758. The third-order valence-corrected chi connectivity index (χ3v) is 4.12. The van der Waals surface area contributed by atoms with Crippen molar-refractivity contribution in [2.75, 3.05) is 14.2 Å². The zero-order valence-electron chi connectivity index (χ0n) is 13.1. The summed E-state index contributed by atoms with van der Waals surface area (Å²) in [5, 5.41) is 3.13. The van der Waals surface area contributed by atoms with Crippen molar-refractivity contribution in [2.45, 2.75) is 6.54 Å². The first-order chi connectivity index (χ1) is 11.5. The average molecular weight is 413 g/mol. The fraction of sp³-hybridized carbons (Fsp3) is 0.176. The molecule has 1 amide bonds. The van der Waals surface area contributed by atoms with Crippen LogP contribution in [0.3, 0.4) is 0 Å². The Morgan fingerprint density at radius 2 is 1.88 bits per heavy atom. The molecule has 2 aromatic carbocycles. The van der Waals surface area contributed by atoms with Crippen molar-refractivity contribution in [2.24, 2.45) is 0 Å². The summed E-state index contributed by atoms with van der Waals surface area (Å²) < 4.78 is 10.6. The van der Waals surface area contributed by atoms with Crippen LogP contribution in [0.5, 0.6) is 5.75 Å². The van der Waals surface area contributed by atoms with Crippen molar-refractivity contribution in [3.05, 3.63) is 62.6 Å². The first-order valence-electron chi connectivity index (χ1n) is 6.94. The topological polar surface area (TPSA) is 64.6 Å². The van der Waals surface area contributed by atoms with Gasteiger partial charge in [-0.2, -0.15) is 0 Å². The van der Waals surface area contributed by atoms with Crippen molar-refractivity contribution >= 4 is 39.4 Å². The van der Waals surface area contributed by atoms with Crippen molar-refractivity contribution in [3.63, 3.8) is 0 Å². The van der Waals surface area contributed by atoms with Gasteiger partial charge in [-0.3, -0.25) is 4.79 Å². The molecule has 126 valence electrons. The van der Waals surface area contributed by atoms with E-state index < -0.39 is 5.97 Å². The maximum atomic E-state index is 12.3. The van der Waals surface area contributed by atoms with Gasteiger partial charge in [0.05, 0.1) is 24.8 Å². The molecule has 5 nitrogen and oxygen atoms in total. The summed E-state index contributed by atoms with van der Waals surface area (Å²) in [5.74, 6) is -0.404. The van der Waals surface area contributed by atoms with E-state index in [2.05, 4.69) is 21.2 Å². The highest BCUT2D eigenvalue weighted by atomic mass is 79.9. The van der Waals surface area contributed by atoms with E-state index in [4.69, 9.17) is 21.1 Å². The predicted octanol–water partition coefficient (Wildman–Crippen LogP) is 3.83. The lowest BCUT2D eigenvalue weighted by Crippen LogP contribution is -2.23. The molecule has 2 aromatic rings. The zero-order valence-corrected chi connectivity index (χ0v) is 15.4. The van der Waals surface area contributed by atoms with Gasteiger partial charge in [-0.1, -0.05) is 33.6 Å². The minimum atomic E-state index is -0.505. The first kappa shape index (κ1) is 18.3. The molecule has 0 aliphatic carbocycles. The zero-order chi connectivity index (χ0) is 17.7. The molecule has 0 aliphatic rings. The maximum absolute atomic E-state index is 12.3. The summed E-state index contributed by atoms with van der Waals surface area (Å²) in [4.78, 5) is 24.0. The highest BCUT2D eigenvalue weighted by molar-refractivity contribution is 9.10. The molecular weight excluding hydrogens is 398 g/mol. The van der Waals surface area contributed by atoms with E-state index in [-0.39, 0.29) is 12.5 Å². The number of carbonyl (C=O) groups is 2. The van der Waals surface area contributed by atoms with Gasteiger partial charge in [0.2, 0.25) is 0 Å². The number of benzene rings is 2. The Hall–Kier alpha value is -2.05. The fourth-order valence-electron chi connectivity index (χ4n) is 2.08. The molecule has 0 spiro atoms. The van der Waals surface area contributed by atoms with Gasteiger partial charge in [0.25, 0.3) is 5.91 Å². The molecular formula is C17H15BrClNO4. The van der Waals surface area contributed by atoms with Crippen molar-refractivity contribution in [1.82, 2.24) is 5.32 Å². The van der Waals surface area contributed by atoms with Gasteiger partial charge in [-0.15, -0.1) is 0 Å². The molecule has 2 rings (SSSR count). The summed E-state index contributed by atoms with van der Waals surface area (Å²) in [6, 6.07) is 10.1. The van der Waals surface area contributed by atoms with E-state index in [0.717, 1.165) is 10.0 Å². The van der Waals surface area contributed by atoms with E-state index in [1.807, 2.05) is 0 Å². The number of hydrogen-bond acceptors (Lipinski definition) is 4. The summed E-state index contributed by atoms with van der Waals surface area (Å²) in [5.41, 5.74) is 1.40. The minimum Gasteiger partial charge on any atom is -0.496 e. The normalized spacial score (nSPS) is 10.2. The van der Waals surface area contributed by atoms with Crippen LogP contribution in [0, 0.1) is 0 Å². The van der Waals surface area contributed by atoms with Crippen LogP contribution < -0.4 is 10.1 Å². The van der Waals surface area contributed by atoms with Gasteiger partial charge in [0.15, 0.2) is 0 Å². The van der Waals surface area contributed by atoms with E-state index in [1.165, 1.54) is 14.2 Å². The number of ether oxygens (including phenoxy) is 2. The smallest absolute Gasteiger partial charge is 0.341 e. The Bertz CT molecular complexity index is 779. The van der Waals surface area contributed by atoms with Crippen LogP contribution in [0.25, 0.3) is 0 Å². The van der Waals surface area contributed by atoms with Crippen LogP contribution in [-0.2, 0) is 11.3 Å². The lowest BCUT2D eigenvalue weighted by molar-refractivity contribution is 0.0597.